The molecule has 1 aliphatic heterocycles. The topological polar surface area (TPSA) is 32.5 Å². The molecule has 100 valence electrons. The molecule has 0 aromatic rings. The number of nitrogens with zero attached hydrogens (tertiary/aromatic N) is 2. The first-order valence-electron chi connectivity index (χ1n) is 7.35. The Hall–Kier alpha value is -0.120. The highest BCUT2D eigenvalue weighted by molar-refractivity contribution is 4.89. The van der Waals surface area contributed by atoms with Crippen LogP contribution in [0, 0.1) is 5.41 Å². The number of likely N-dealkylation sites (tertiary alicyclic amines) is 1. The lowest BCUT2D eigenvalue weighted by Gasteiger charge is -2.42. The Morgan fingerprint density at radius 1 is 1.12 bits per heavy atom. The van der Waals surface area contributed by atoms with Crippen LogP contribution in [-0.4, -0.2) is 56.1 Å². The molecule has 0 unspecified atom stereocenters. The molecule has 2 N–H and O–H groups in total. The Morgan fingerprint density at radius 2 is 1.82 bits per heavy atom. The van der Waals surface area contributed by atoms with Crippen LogP contribution in [0.3, 0.4) is 0 Å². The first kappa shape index (κ1) is 13.3. The van der Waals surface area contributed by atoms with Gasteiger partial charge in [-0.05, 0) is 70.7 Å². The Morgan fingerprint density at radius 3 is 2.35 bits per heavy atom. The summed E-state index contributed by atoms with van der Waals surface area (Å²) in [4.78, 5) is 5.09. The first-order chi connectivity index (χ1) is 8.24. The average Bonchev–Trinajstić information content (AvgIpc) is 2.78. The summed E-state index contributed by atoms with van der Waals surface area (Å²) in [6.45, 7) is 7.24. The minimum absolute atomic E-state index is 0.516. The summed E-state index contributed by atoms with van der Waals surface area (Å²) in [5, 5.41) is 0. The number of nitrogens with two attached hydrogens (primary N) is 1. The van der Waals surface area contributed by atoms with Gasteiger partial charge in [-0.15, -0.1) is 0 Å². The molecule has 1 saturated carbocycles. The highest BCUT2D eigenvalue weighted by Gasteiger charge is 2.35. The van der Waals surface area contributed by atoms with Gasteiger partial charge in [0.25, 0.3) is 0 Å². The van der Waals surface area contributed by atoms with Crippen molar-refractivity contribution in [2.45, 2.75) is 38.5 Å². The van der Waals surface area contributed by atoms with Crippen molar-refractivity contribution in [1.29, 1.82) is 0 Å². The van der Waals surface area contributed by atoms with Gasteiger partial charge in [-0.25, -0.2) is 0 Å². The maximum atomic E-state index is 5.90. The number of likely N-dealkylation sites (N-methyl/N-ethyl adjacent to an activating group) is 1. The van der Waals surface area contributed by atoms with E-state index in [1.54, 1.807) is 0 Å². The zero-order valence-electron chi connectivity index (χ0n) is 11.5. The van der Waals surface area contributed by atoms with Gasteiger partial charge in [0.05, 0.1) is 0 Å². The van der Waals surface area contributed by atoms with Gasteiger partial charge in [0, 0.05) is 13.1 Å². The van der Waals surface area contributed by atoms with E-state index in [4.69, 9.17) is 5.73 Å². The molecule has 0 aromatic carbocycles. The van der Waals surface area contributed by atoms with Crippen molar-refractivity contribution < 1.29 is 0 Å². The van der Waals surface area contributed by atoms with E-state index in [0.717, 1.165) is 6.54 Å². The van der Waals surface area contributed by atoms with E-state index in [-0.39, 0.29) is 0 Å². The Bertz CT molecular complexity index is 214. The van der Waals surface area contributed by atoms with Crippen LogP contribution >= 0.6 is 0 Å². The second-order valence-electron chi connectivity index (χ2n) is 6.16. The summed E-state index contributed by atoms with van der Waals surface area (Å²) in [5.74, 6) is 0. The zero-order valence-corrected chi connectivity index (χ0v) is 11.5. The normalized spacial score (nSPS) is 24.2. The third kappa shape index (κ3) is 3.67. The Balaban J connectivity index is 1.58. The van der Waals surface area contributed by atoms with Crippen LogP contribution in [0.25, 0.3) is 0 Å². The second kappa shape index (κ2) is 6.17. The van der Waals surface area contributed by atoms with Gasteiger partial charge in [-0.1, -0.05) is 6.42 Å². The van der Waals surface area contributed by atoms with Gasteiger partial charge < -0.3 is 15.5 Å². The van der Waals surface area contributed by atoms with E-state index in [1.807, 2.05) is 0 Å². The molecule has 1 aliphatic carbocycles. The van der Waals surface area contributed by atoms with Crippen LogP contribution in [-0.2, 0) is 0 Å². The number of hydrogen-bond donors (Lipinski definition) is 1. The lowest BCUT2D eigenvalue weighted by atomic mass is 9.67. The number of hydrogen-bond acceptors (Lipinski definition) is 3. The number of rotatable bonds is 7. The zero-order chi connectivity index (χ0) is 12.1. The first-order valence-corrected chi connectivity index (χ1v) is 7.35. The van der Waals surface area contributed by atoms with Crippen molar-refractivity contribution in [3.63, 3.8) is 0 Å². The molecule has 0 radical (unpaired) electrons. The minimum Gasteiger partial charge on any atom is -0.330 e. The third-order valence-corrected chi connectivity index (χ3v) is 4.87. The van der Waals surface area contributed by atoms with Crippen molar-refractivity contribution in [3.8, 4) is 0 Å². The minimum atomic E-state index is 0.516. The summed E-state index contributed by atoms with van der Waals surface area (Å²) in [7, 11) is 2.26. The Kier molecular flexibility index (Phi) is 4.83. The third-order valence-electron chi connectivity index (χ3n) is 4.87. The van der Waals surface area contributed by atoms with Crippen LogP contribution in [0.1, 0.15) is 38.5 Å². The van der Waals surface area contributed by atoms with Crippen molar-refractivity contribution in [1.82, 2.24) is 9.80 Å². The lowest BCUT2D eigenvalue weighted by Crippen LogP contribution is -2.41. The molecule has 0 aromatic heterocycles. The molecule has 0 bridgehead atoms. The average molecular weight is 239 g/mol. The van der Waals surface area contributed by atoms with Crippen molar-refractivity contribution in [2.75, 3.05) is 46.3 Å². The quantitative estimate of drug-likeness (QED) is 0.731. The predicted molar refractivity (Wildman–Crippen MR) is 73.1 cm³/mol. The van der Waals surface area contributed by atoms with Crippen LogP contribution in [0.5, 0.6) is 0 Å². The van der Waals surface area contributed by atoms with Crippen molar-refractivity contribution in [3.05, 3.63) is 0 Å². The highest BCUT2D eigenvalue weighted by Crippen LogP contribution is 2.42. The maximum absolute atomic E-state index is 5.90. The van der Waals surface area contributed by atoms with E-state index in [1.165, 1.54) is 71.2 Å². The second-order valence-corrected chi connectivity index (χ2v) is 6.16. The fourth-order valence-electron chi connectivity index (χ4n) is 3.09. The summed E-state index contributed by atoms with van der Waals surface area (Å²) >= 11 is 0. The van der Waals surface area contributed by atoms with Gasteiger partial charge in [0.1, 0.15) is 0 Å². The van der Waals surface area contributed by atoms with Gasteiger partial charge in [0.2, 0.25) is 0 Å². The van der Waals surface area contributed by atoms with E-state index in [9.17, 15) is 0 Å². The molecule has 17 heavy (non-hydrogen) atoms. The molecule has 2 fully saturated rings. The largest absolute Gasteiger partial charge is 0.330 e. The van der Waals surface area contributed by atoms with E-state index >= 15 is 0 Å². The molecule has 3 heteroatoms. The molecule has 1 heterocycles. The van der Waals surface area contributed by atoms with Gasteiger partial charge >= 0.3 is 0 Å². The fraction of sp³-hybridized carbons (Fsp3) is 1.00. The summed E-state index contributed by atoms with van der Waals surface area (Å²) in [6, 6.07) is 0. The molecule has 2 rings (SSSR count). The van der Waals surface area contributed by atoms with Gasteiger partial charge in [-0.3, -0.25) is 0 Å². The van der Waals surface area contributed by atoms with Crippen LogP contribution in [0.4, 0.5) is 0 Å². The molecule has 2 aliphatic rings. The van der Waals surface area contributed by atoms with Gasteiger partial charge in [-0.2, -0.15) is 0 Å². The molecule has 0 amide bonds. The molecular weight excluding hydrogens is 210 g/mol. The summed E-state index contributed by atoms with van der Waals surface area (Å²) < 4.78 is 0. The van der Waals surface area contributed by atoms with E-state index in [0.29, 0.717) is 5.41 Å². The van der Waals surface area contributed by atoms with Crippen molar-refractivity contribution >= 4 is 0 Å². The van der Waals surface area contributed by atoms with E-state index in [2.05, 4.69) is 16.8 Å². The molecule has 3 nitrogen and oxygen atoms in total. The smallest absolute Gasteiger partial charge is 0.0109 e. The lowest BCUT2D eigenvalue weighted by molar-refractivity contribution is 0.110. The van der Waals surface area contributed by atoms with Crippen LogP contribution < -0.4 is 5.73 Å². The fourth-order valence-corrected chi connectivity index (χ4v) is 3.09. The standard InChI is InChI=1S/C14H29N3/c1-16(11-12-17-8-2-3-9-17)10-7-14(13-15)5-4-6-14/h2-13,15H2,1H3. The summed E-state index contributed by atoms with van der Waals surface area (Å²) in [5.41, 5.74) is 6.42. The monoisotopic (exact) mass is 239 g/mol. The highest BCUT2D eigenvalue weighted by atomic mass is 15.2. The molecular formula is C14H29N3. The van der Waals surface area contributed by atoms with Crippen LogP contribution in [0.15, 0.2) is 0 Å². The van der Waals surface area contributed by atoms with Gasteiger partial charge in [0.15, 0.2) is 0 Å². The SMILES string of the molecule is CN(CCN1CCCC1)CCC1(CN)CCC1. The summed E-state index contributed by atoms with van der Waals surface area (Å²) in [6.07, 6.45) is 8.24. The predicted octanol–water partition coefficient (Wildman–Crippen LogP) is 1.53. The molecule has 1 saturated heterocycles. The Labute approximate surface area is 106 Å². The molecule has 0 atom stereocenters. The van der Waals surface area contributed by atoms with E-state index < -0.39 is 0 Å². The van der Waals surface area contributed by atoms with Crippen molar-refractivity contribution in [2.24, 2.45) is 11.1 Å². The molecule has 0 spiro atoms. The maximum Gasteiger partial charge on any atom is 0.0109 e. The van der Waals surface area contributed by atoms with Crippen LogP contribution in [0.2, 0.25) is 0 Å².